The van der Waals surface area contributed by atoms with Gasteiger partial charge in [-0.15, -0.1) is 0 Å². The van der Waals surface area contributed by atoms with E-state index in [9.17, 15) is 14.0 Å². The Labute approximate surface area is 195 Å². The minimum atomic E-state index is -0.450. The number of fused-ring (bicyclic) bond motifs is 1. The SMILES string of the molecule is COc1ccc2c(c1Cl)c(CC(=O)OCc1ccccc1)c(C)n2C(=O)c1ccc(F)cc1. The van der Waals surface area contributed by atoms with Crippen LogP contribution in [-0.2, 0) is 22.6 Å². The van der Waals surface area contributed by atoms with E-state index in [0.717, 1.165) is 5.56 Å². The molecule has 0 aliphatic heterocycles. The molecule has 0 aliphatic rings. The molecule has 0 atom stereocenters. The normalized spacial score (nSPS) is 10.9. The summed E-state index contributed by atoms with van der Waals surface area (Å²) >= 11 is 6.61. The van der Waals surface area contributed by atoms with E-state index in [2.05, 4.69) is 0 Å². The van der Waals surface area contributed by atoms with E-state index in [1.165, 1.54) is 35.9 Å². The summed E-state index contributed by atoms with van der Waals surface area (Å²) in [4.78, 5) is 26.0. The molecule has 33 heavy (non-hydrogen) atoms. The van der Waals surface area contributed by atoms with Crippen molar-refractivity contribution in [2.75, 3.05) is 7.11 Å². The molecule has 0 amide bonds. The molecule has 5 nitrogen and oxygen atoms in total. The third-order valence-electron chi connectivity index (χ3n) is 5.48. The second-order valence-corrected chi connectivity index (χ2v) is 7.89. The summed E-state index contributed by atoms with van der Waals surface area (Å²) in [5.74, 6) is -0.818. The molecule has 4 rings (SSSR count). The van der Waals surface area contributed by atoms with Gasteiger partial charge in [-0.3, -0.25) is 14.2 Å². The zero-order chi connectivity index (χ0) is 23.5. The number of aromatic nitrogens is 1. The van der Waals surface area contributed by atoms with Crippen LogP contribution in [0.3, 0.4) is 0 Å². The summed E-state index contributed by atoms with van der Waals surface area (Å²) in [7, 11) is 1.49. The minimum absolute atomic E-state index is 0.0776. The van der Waals surface area contributed by atoms with E-state index >= 15 is 0 Å². The van der Waals surface area contributed by atoms with Crippen LogP contribution in [0.25, 0.3) is 10.9 Å². The van der Waals surface area contributed by atoms with Crippen molar-refractivity contribution in [1.29, 1.82) is 0 Å². The number of hydrogen-bond acceptors (Lipinski definition) is 4. The predicted molar refractivity (Wildman–Crippen MR) is 124 cm³/mol. The molecule has 0 radical (unpaired) electrons. The molecule has 3 aromatic carbocycles. The van der Waals surface area contributed by atoms with Crippen molar-refractivity contribution in [1.82, 2.24) is 4.57 Å². The fourth-order valence-corrected chi connectivity index (χ4v) is 4.16. The Morgan fingerprint density at radius 1 is 1.00 bits per heavy atom. The Hall–Kier alpha value is -3.64. The van der Waals surface area contributed by atoms with E-state index in [4.69, 9.17) is 21.1 Å². The predicted octanol–water partition coefficient (Wildman–Crippen LogP) is 5.73. The number of rotatable bonds is 6. The van der Waals surface area contributed by atoms with Crippen molar-refractivity contribution in [3.63, 3.8) is 0 Å². The first-order chi connectivity index (χ1) is 15.9. The Morgan fingerprint density at radius 3 is 2.36 bits per heavy atom. The molecule has 1 aromatic heterocycles. The first-order valence-electron chi connectivity index (χ1n) is 10.3. The van der Waals surface area contributed by atoms with E-state index < -0.39 is 11.8 Å². The van der Waals surface area contributed by atoms with E-state index in [1.807, 2.05) is 30.3 Å². The van der Waals surface area contributed by atoms with Crippen molar-refractivity contribution in [3.05, 3.63) is 100.0 Å². The number of hydrogen-bond donors (Lipinski definition) is 0. The van der Waals surface area contributed by atoms with Crippen molar-refractivity contribution < 1.29 is 23.5 Å². The molecule has 1 heterocycles. The Kier molecular flexibility index (Phi) is 6.47. The third kappa shape index (κ3) is 4.47. The van der Waals surface area contributed by atoms with Crippen LogP contribution in [0.5, 0.6) is 5.75 Å². The van der Waals surface area contributed by atoms with E-state index in [1.54, 1.807) is 19.1 Å². The summed E-state index contributed by atoms with van der Waals surface area (Å²) in [5, 5.41) is 0.843. The average Bonchev–Trinajstić information content (AvgIpc) is 3.10. The first-order valence-corrected chi connectivity index (χ1v) is 10.6. The molecule has 0 unspecified atom stereocenters. The van der Waals surface area contributed by atoms with Crippen LogP contribution in [0.15, 0.2) is 66.7 Å². The quantitative estimate of drug-likeness (QED) is 0.341. The highest BCUT2D eigenvalue weighted by molar-refractivity contribution is 6.37. The number of halogens is 2. The van der Waals surface area contributed by atoms with Gasteiger partial charge in [-0.05, 0) is 54.4 Å². The number of carbonyl (C=O) groups is 2. The van der Waals surface area contributed by atoms with E-state index in [0.29, 0.717) is 38.5 Å². The molecule has 4 aromatic rings. The number of methoxy groups -OCH3 is 1. The van der Waals surface area contributed by atoms with Gasteiger partial charge < -0.3 is 9.47 Å². The molecular weight excluding hydrogens is 445 g/mol. The van der Waals surface area contributed by atoms with Gasteiger partial charge in [0.05, 0.1) is 24.1 Å². The Balaban J connectivity index is 1.75. The summed E-state index contributed by atoms with van der Waals surface area (Å²) < 4.78 is 25.6. The maximum atomic E-state index is 13.4. The first kappa shape index (κ1) is 22.6. The van der Waals surface area contributed by atoms with Crippen LogP contribution in [0.2, 0.25) is 5.02 Å². The van der Waals surface area contributed by atoms with E-state index in [-0.39, 0.29) is 18.9 Å². The van der Waals surface area contributed by atoms with Gasteiger partial charge in [0.15, 0.2) is 0 Å². The summed E-state index contributed by atoms with van der Waals surface area (Å²) in [5.41, 5.74) is 2.82. The maximum Gasteiger partial charge on any atom is 0.310 e. The van der Waals surface area contributed by atoms with Crippen molar-refractivity contribution in [2.24, 2.45) is 0 Å². The summed E-state index contributed by atoms with van der Waals surface area (Å²) in [6.07, 6.45) is -0.0776. The molecule has 0 fully saturated rings. The van der Waals surface area contributed by atoms with Gasteiger partial charge in [0.25, 0.3) is 5.91 Å². The zero-order valence-electron chi connectivity index (χ0n) is 18.1. The number of ether oxygens (including phenoxy) is 2. The molecule has 0 bridgehead atoms. The topological polar surface area (TPSA) is 57.5 Å². The standard InChI is InChI=1S/C26H21ClFNO4/c1-16-20(14-23(30)33-15-17-6-4-3-5-7-17)24-21(12-13-22(32-2)25(24)27)29(16)26(31)18-8-10-19(28)11-9-18/h3-13H,14-15H2,1-2H3. The van der Waals surface area contributed by atoms with Crippen LogP contribution < -0.4 is 4.74 Å². The third-order valence-corrected chi connectivity index (χ3v) is 5.85. The minimum Gasteiger partial charge on any atom is -0.495 e. The number of carbonyl (C=O) groups excluding carboxylic acids is 2. The van der Waals surface area contributed by atoms with Gasteiger partial charge in [0.2, 0.25) is 0 Å². The van der Waals surface area contributed by atoms with Gasteiger partial charge in [-0.1, -0.05) is 41.9 Å². The molecule has 0 N–H and O–H groups in total. The van der Waals surface area contributed by atoms with Crippen LogP contribution in [0.1, 0.15) is 27.2 Å². The number of nitrogens with zero attached hydrogens (tertiary/aromatic N) is 1. The van der Waals surface area contributed by atoms with Crippen molar-refractivity contribution >= 4 is 34.4 Å². The van der Waals surface area contributed by atoms with Crippen molar-refractivity contribution in [3.8, 4) is 5.75 Å². The summed E-state index contributed by atoms with van der Waals surface area (Å²) in [6, 6.07) is 18.0. The van der Waals surface area contributed by atoms with Gasteiger partial charge >= 0.3 is 5.97 Å². The Morgan fingerprint density at radius 2 is 1.70 bits per heavy atom. The maximum absolute atomic E-state index is 13.4. The highest BCUT2D eigenvalue weighted by Gasteiger charge is 2.25. The Bertz CT molecular complexity index is 1330. The van der Waals surface area contributed by atoms with Crippen LogP contribution >= 0.6 is 11.6 Å². The fraction of sp³-hybridized carbons (Fsp3) is 0.154. The molecular formula is C26H21ClFNO4. The smallest absolute Gasteiger partial charge is 0.310 e. The summed E-state index contributed by atoms with van der Waals surface area (Å²) in [6.45, 7) is 1.88. The monoisotopic (exact) mass is 465 g/mol. The van der Waals surface area contributed by atoms with Crippen molar-refractivity contribution in [2.45, 2.75) is 20.0 Å². The largest absolute Gasteiger partial charge is 0.495 e. The van der Waals surface area contributed by atoms with Crippen LogP contribution in [0, 0.1) is 12.7 Å². The van der Waals surface area contributed by atoms with Crippen LogP contribution in [0.4, 0.5) is 4.39 Å². The highest BCUT2D eigenvalue weighted by atomic mass is 35.5. The van der Waals surface area contributed by atoms with Gasteiger partial charge in [0, 0.05) is 16.6 Å². The second-order valence-electron chi connectivity index (χ2n) is 7.51. The lowest BCUT2D eigenvalue weighted by atomic mass is 10.1. The molecule has 0 saturated heterocycles. The zero-order valence-corrected chi connectivity index (χ0v) is 18.9. The van der Waals surface area contributed by atoms with Gasteiger partial charge in [0.1, 0.15) is 18.2 Å². The molecule has 0 aliphatic carbocycles. The lowest BCUT2D eigenvalue weighted by Crippen LogP contribution is -2.14. The lowest BCUT2D eigenvalue weighted by Gasteiger charge is -2.08. The molecule has 7 heteroatoms. The molecule has 168 valence electrons. The second kappa shape index (κ2) is 9.46. The van der Waals surface area contributed by atoms with Crippen LogP contribution in [-0.4, -0.2) is 23.6 Å². The van der Waals surface area contributed by atoms with Gasteiger partial charge in [-0.2, -0.15) is 0 Å². The number of esters is 1. The average molecular weight is 466 g/mol. The fourth-order valence-electron chi connectivity index (χ4n) is 3.81. The lowest BCUT2D eigenvalue weighted by molar-refractivity contribution is -0.144. The highest BCUT2D eigenvalue weighted by Crippen LogP contribution is 2.38. The molecule has 0 saturated carbocycles. The van der Waals surface area contributed by atoms with Gasteiger partial charge in [-0.25, -0.2) is 4.39 Å². The number of benzene rings is 3. The molecule has 0 spiro atoms.